The van der Waals surface area contributed by atoms with Gasteiger partial charge in [0.2, 0.25) is 11.6 Å². The molecule has 4 aromatic carbocycles. The smallest absolute Gasteiger partial charge is 1.00 e. The molecular formula is C33H37FK2N2O11. The first-order chi connectivity index (χ1) is 22.3. The Hall–Kier alpha value is -2.49. The zero-order valence-electron chi connectivity index (χ0n) is 29.7. The molecule has 0 fully saturated rings. The summed E-state index contributed by atoms with van der Waals surface area (Å²) in [5, 5.41) is 38.8. The topological polar surface area (TPSA) is 184 Å². The Morgan fingerprint density at radius 2 is 1.20 bits per heavy atom. The summed E-state index contributed by atoms with van der Waals surface area (Å²) >= 11 is 0. The molecule has 1 N–H and O–H groups in total. The third-order valence-corrected chi connectivity index (χ3v) is 6.16. The predicted octanol–water partition coefficient (Wildman–Crippen LogP) is 0.827. The van der Waals surface area contributed by atoms with Crippen LogP contribution in [0.1, 0.15) is 37.5 Å². The zero-order chi connectivity index (χ0) is 35.5. The minimum absolute atomic E-state index is 0. The molecule has 0 heterocycles. The van der Waals surface area contributed by atoms with Crippen LogP contribution in [0.15, 0.2) is 72.8 Å². The number of methoxy groups -OCH3 is 2. The molecule has 16 heteroatoms. The van der Waals surface area contributed by atoms with Crippen molar-refractivity contribution in [2.45, 2.75) is 40.5 Å². The quantitative estimate of drug-likeness (QED) is 0.0845. The first-order valence-electron chi connectivity index (χ1n) is 13.9. The number of rotatable bonds is 9. The van der Waals surface area contributed by atoms with Crippen molar-refractivity contribution in [2.24, 2.45) is 0 Å². The third kappa shape index (κ3) is 17.3. The van der Waals surface area contributed by atoms with E-state index in [2.05, 4.69) is 11.8 Å². The molecule has 0 saturated carbocycles. The second-order valence-corrected chi connectivity index (χ2v) is 9.43. The maximum atomic E-state index is 12.7. The van der Waals surface area contributed by atoms with Crippen molar-refractivity contribution in [2.75, 3.05) is 14.2 Å². The first-order valence-corrected chi connectivity index (χ1v) is 13.9. The van der Waals surface area contributed by atoms with Gasteiger partial charge < -0.3 is 30.9 Å². The average Bonchev–Trinajstić information content (AvgIpc) is 3.05. The number of benzene rings is 4. The van der Waals surface area contributed by atoms with Crippen LogP contribution in [0.4, 0.5) is 15.8 Å². The van der Waals surface area contributed by atoms with Crippen molar-refractivity contribution < 1.29 is 153 Å². The number of carbonyl (C=O) groups is 1. The minimum atomic E-state index is -0.782. The third-order valence-electron chi connectivity index (χ3n) is 6.16. The average molecular weight is 735 g/mol. The van der Waals surface area contributed by atoms with Crippen LogP contribution in [0.5, 0.6) is 28.7 Å². The summed E-state index contributed by atoms with van der Waals surface area (Å²) in [5.41, 5.74) is 3.29. The van der Waals surface area contributed by atoms with E-state index >= 15 is 0 Å². The van der Waals surface area contributed by atoms with E-state index in [0.29, 0.717) is 22.8 Å². The molecule has 0 radical (unpaired) electrons. The van der Waals surface area contributed by atoms with Crippen LogP contribution in [0.2, 0.25) is 0 Å². The van der Waals surface area contributed by atoms with Crippen LogP contribution in [0, 0.1) is 39.9 Å². The molecular weight excluding hydrogens is 698 g/mol. The van der Waals surface area contributed by atoms with Crippen LogP contribution in [0.3, 0.4) is 0 Å². The molecule has 4 rings (SSSR count). The van der Waals surface area contributed by atoms with Gasteiger partial charge in [-0.05, 0) is 85.3 Å². The normalized spacial score (nSPS) is 9.14. The largest absolute Gasteiger partial charge is 1.00 e. The van der Waals surface area contributed by atoms with Gasteiger partial charge in [0.05, 0.1) is 24.1 Å². The molecule has 0 aliphatic carbocycles. The molecule has 0 amide bonds. The van der Waals surface area contributed by atoms with Gasteiger partial charge in [0, 0.05) is 12.1 Å². The van der Waals surface area contributed by atoms with Crippen LogP contribution >= 0.6 is 0 Å². The van der Waals surface area contributed by atoms with Gasteiger partial charge in [0.25, 0.3) is 6.47 Å². The number of ether oxygens (including phenoxy) is 3. The standard InChI is InChI=1S/C16H17NO4.C9H12O2.C7H6FNO2.CH2O3.2K.H/c1-4-12-6-8-14(16(10-12)20-3)21-15-9-11(2)5-7-13(15)17(18)19;1-3-7-4-5-8(10)9(6-7)11-2;1-5-2-3-7(9(10)11)6(8)4-5;2-1-4-3;;;/h5-10H,4H2,1-3H3;4-6,10H,3H2,1-2H3;2-4H,1H3;1,3H;;;/q;;;;2*+1;-1/p-1. The fraction of sp³-hybridized carbons (Fsp3) is 0.242. The van der Waals surface area contributed by atoms with Crippen LogP contribution in [0.25, 0.3) is 0 Å². The minimum Gasteiger partial charge on any atom is -1.00 e. The van der Waals surface area contributed by atoms with E-state index in [1.54, 1.807) is 45.4 Å². The fourth-order valence-electron chi connectivity index (χ4n) is 3.69. The van der Waals surface area contributed by atoms with E-state index in [-0.39, 0.29) is 128 Å². The van der Waals surface area contributed by atoms with E-state index in [1.807, 2.05) is 38.1 Å². The molecule has 0 saturated heterocycles. The van der Waals surface area contributed by atoms with Gasteiger partial charge >= 0.3 is 114 Å². The summed E-state index contributed by atoms with van der Waals surface area (Å²) in [5.74, 6) is 1.19. The van der Waals surface area contributed by atoms with Crippen LogP contribution < -0.4 is 122 Å². The second-order valence-electron chi connectivity index (χ2n) is 9.43. The molecule has 254 valence electrons. The summed E-state index contributed by atoms with van der Waals surface area (Å²) < 4.78 is 28.6. The molecule has 13 nitrogen and oxygen atoms in total. The van der Waals surface area contributed by atoms with Crippen molar-refractivity contribution in [1.29, 1.82) is 0 Å². The maximum absolute atomic E-state index is 12.7. The number of carbonyl (C=O) groups excluding carboxylic acids is 1. The Labute approximate surface area is 370 Å². The zero-order valence-corrected chi connectivity index (χ0v) is 35.0. The van der Waals surface area contributed by atoms with Crippen molar-refractivity contribution >= 4 is 17.8 Å². The van der Waals surface area contributed by atoms with Gasteiger partial charge in [-0.15, -0.1) is 0 Å². The predicted molar refractivity (Wildman–Crippen MR) is 170 cm³/mol. The van der Waals surface area contributed by atoms with E-state index in [1.165, 1.54) is 17.7 Å². The van der Waals surface area contributed by atoms with Crippen molar-refractivity contribution in [1.82, 2.24) is 0 Å². The summed E-state index contributed by atoms with van der Waals surface area (Å²) in [7, 11) is 3.10. The Bertz CT molecular complexity index is 1650. The number of phenols is 1. The van der Waals surface area contributed by atoms with E-state index in [4.69, 9.17) is 24.3 Å². The molecule has 0 unspecified atom stereocenters. The van der Waals surface area contributed by atoms with Crippen LogP contribution in [-0.4, -0.2) is 35.6 Å². The molecule has 4 aromatic rings. The summed E-state index contributed by atoms with van der Waals surface area (Å²) in [6.07, 6.45) is 1.83. The maximum Gasteiger partial charge on any atom is 1.00 e. The number of halogens is 1. The van der Waals surface area contributed by atoms with Crippen LogP contribution in [-0.2, 0) is 22.5 Å². The number of hydrogen-bond acceptors (Lipinski definition) is 11. The first kappa shape index (κ1) is 48.6. The van der Waals surface area contributed by atoms with Gasteiger partial charge in [-0.1, -0.05) is 38.1 Å². The number of nitrogens with zero attached hydrogens (tertiary/aromatic N) is 2. The van der Waals surface area contributed by atoms with E-state index in [9.17, 15) is 29.7 Å². The number of phenolic OH excluding ortho intramolecular Hbond substituents is 1. The number of nitro groups is 2. The molecule has 49 heavy (non-hydrogen) atoms. The number of nitro benzene ring substituents is 2. The van der Waals surface area contributed by atoms with Gasteiger partial charge in [0.15, 0.2) is 23.0 Å². The van der Waals surface area contributed by atoms with Crippen molar-refractivity contribution in [3.63, 3.8) is 0 Å². The molecule has 0 aliphatic heterocycles. The second kappa shape index (κ2) is 26.3. The number of hydrogen-bond donors (Lipinski definition) is 1. The van der Waals surface area contributed by atoms with Gasteiger partial charge in [0.1, 0.15) is 0 Å². The van der Waals surface area contributed by atoms with Crippen molar-refractivity contribution in [3.05, 3.63) is 121 Å². The number of aryl methyl sites for hydroxylation is 4. The van der Waals surface area contributed by atoms with E-state index < -0.39 is 21.4 Å². The molecule has 0 atom stereocenters. The molecule has 0 bridgehead atoms. The molecule has 0 aromatic heterocycles. The Morgan fingerprint density at radius 1 is 0.735 bits per heavy atom. The van der Waals surface area contributed by atoms with E-state index in [0.717, 1.165) is 36.1 Å². The monoisotopic (exact) mass is 734 g/mol. The molecule has 0 spiro atoms. The summed E-state index contributed by atoms with van der Waals surface area (Å²) in [6.45, 7) is 7.45. The molecule has 0 aliphatic rings. The van der Waals surface area contributed by atoms with Gasteiger partial charge in [-0.2, -0.15) is 4.39 Å². The summed E-state index contributed by atoms with van der Waals surface area (Å²) in [4.78, 5) is 31.2. The van der Waals surface area contributed by atoms with Gasteiger partial charge in [-0.25, -0.2) is 0 Å². The Kier molecular flexibility index (Phi) is 26.1. The Balaban J connectivity index is -0.000000652. The number of aromatic hydroxyl groups is 1. The van der Waals surface area contributed by atoms with Gasteiger partial charge in [-0.3, -0.25) is 25.0 Å². The Morgan fingerprint density at radius 3 is 1.65 bits per heavy atom. The van der Waals surface area contributed by atoms with Crippen molar-refractivity contribution in [3.8, 4) is 28.7 Å². The fourth-order valence-corrected chi connectivity index (χ4v) is 3.69. The summed E-state index contributed by atoms with van der Waals surface area (Å²) in [6, 6.07) is 19.5. The SMILES string of the molecule is CCc1ccc(O)c(OC)c1.CCc1ccc(Oc2cc(C)ccc2[N+](=O)[O-])c(OC)c1.Cc1ccc([N+](=O)[O-])c(F)c1.O=CO[O-].[H-].[K+].[K+].